The molecule has 7 heteroatoms. The predicted molar refractivity (Wildman–Crippen MR) is 95.4 cm³/mol. The monoisotopic (exact) mass is 370 g/mol. The number of rotatable bonds is 12. The highest BCUT2D eigenvalue weighted by Crippen LogP contribution is 2.19. The van der Waals surface area contributed by atoms with E-state index in [2.05, 4.69) is 13.2 Å². The molecular formula is C19H30O7. The van der Waals surface area contributed by atoms with E-state index in [-0.39, 0.29) is 18.7 Å². The van der Waals surface area contributed by atoms with Crippen LogP contribution in [0.25, 0.3) is 0 Å². The van der Waals surface area contributed by atoms with E-state index in [1.807, 2.05) is 0 Å². The fourth-order valence-corrected chi connectivity index (χ4v) is 2.17. The molecule has 7 nitrogen and oxygen atoms in total. The molecule has 0 bridgehead atoms. The first-order valence-corrected chi connectivity index (χ1v) is 8.92. The maximum Gasteiger partial charge on any atom is 0.333 e. The second-order valence-electron chi connectivity index (χ2n) is 6.20. The molecule has 0 spiro atoms. The van der Waals surface area contributed by atoms with Crippen LogP contribution in [-0.4, -0.2) is 57.4 Å². The van der Waals surface area contributed by atoms with Gasteiger partial charge in [0.15, 0.2) is 6.29 Å². The number of carbonyl (C=O) groups excluding carboxylic acids is 2. The lowest BCUT2D eigenvalue weighted by molar-refractivity contribution is -0.228. The van der Waals surface area contributed by atoms with Crippen LogP contribution >= 0.6 is 0 Å². The Hall–Kier alpha value is -1.70. The van der Waals surface area contributed by atoms with E-state index in [0.717, 1.165) is 12.8 Å². The molecule has 0 N–H and O–H groups in total. The highest BCUT2D eigenvalue weighted by atomic mass is 16.7. The van der Waals surface area contributed by atoms with Gasteiger partial charge in [-0.3, -0.25) is 0 Å². The van der Waals surface area contributed by atoms with Gasteiger partial charge in [0.25, 0.3) is 0 Å². The van der Waals surface area contributed by atoms with Crippen LogP contribution in [0, 0.1) is 0 Å². The first-order chi connectivity index (χ1) is 12.4. The van der Waals surface area contributed by atoms with E-state index in [1.54, 1.807) is 13.8 Å². The average molecular weight is 370 g/mol. The summed E-state index contributed by atoms with van der Waals surface area (Å²) in [6.07, 6.45) is 2.34. The van der Waals surface area contributed by atoms with Gasteiger partial charge in [-0.15, -0.1) is 0 Å². The lowest BCUT2D eigenvalue weighted by atomic mass is 10.1. The van der Waals surface area contributed by atoms with Crippen LogP contribution in [0.2, 0.25) is 0 Å². The molecule has 2 unspecified atom stereocenters. The smallest absolute Gasteiger partial charge is 0.333 e. The number of esters is 2. The molecule has 2 atom stereocenters. The van der Waals surface area contributed by atoms with E-state index in [9.17, 15) is 9.59 Å². The second kappa shape index (κ2) is 12.6. The van der Waals surface area contributed by atoms with Crippen molar-refractivity contribution < 1.29 is 33.3 Å². The summed E-state index contributed by atoms with van der Waals surface area (Å²) in [6, 6.07) is 0. The van der Waals surface area contributed by atoms with Gasteiger partial charge in [-0.05, 0) is 26.7 Å². The van der Waals surface area contributed by atoms with Crippen LogP contribution in [0.5, 0.6) is 0 Å². The van der Waals surface area contributed by atoms with Crippen LogP contribution in [0.1, 0.15) is 39.5 Å². The summed E-state index contributed by atoms with van der Waals surface area (Å²) >= 11 is 0. The third-order valence-electron chi connectivity index (χ3n) is 3.57. The van der Waals surface area contributed by atoms with Crippen LogP contribution in [0.3, 0.4) is 0 Å². The fraction of sp³-hybridized carbons (Fsp3) is 0.684. The summed E-state index contributed by atoms with van der Waals surface area (Å²) in [5.41, 5.74) is 0.762. The average Bonchev–Trinajstić information content (AvgIpc) is 2.61. The van der Waals surface area contributed by atoms with Gasteiger partial charge >= 0.3 is 11.9 Å². The molecule has 1 aliphatic heterocycles. The SMILES string of the molecule is C=C(C)C(=O)OCCCOC1CCCOC1OCCCOC(=O)C(=C)C. The Morgan fingerprint density at radius 2 is 1.46 bits per heavy atom. The zero-order valence-corrected chi connectivity index (χ0v) is 15.8. The number of hydrogen-bond donors (Lipinski definition) is 0. The summed E-state index contributed by atoms with van der Waals surface area (Å²) in [5, 5.41) is 0. The Morgan fingerprint density at radius 3 is 2.00 bits per heavy atom. The van der Waals surface area contributed by atoms with Gasteiger partial charge in [0.05, 0.1) is 26.4 Å². The normalized spacial score (nSPS) is 19.6. The number of hydrogen-bond acceptors (Lipinski definition) is 7. The summed E-state index contributed by atoms with van der Waals surface area (Å²) < 4.78 is 27.2. The van der Waals surface area contributed by atoms with Gasteiger partial charge in [-0.25, -0.2) is 9.59 Å². The van der Waals surface area contributed by atoms with Crippen LogP contribution in [-0.2, 0) is 33.3 Å². The van der Waals surface area contributed by atoms with Crippen molar-refractivity contribution in [3.63, 3.8) is 0 Å². The minimum Gasteiger partial charge on any atom is -0.462 e. The van der Waals surface area contributed by atoms with E-state index >= 15 is 0 Å². The first kappa shape index (κ1) is 22.3. The lowest BCUT2D eigenvalue weighted by Crippen LogP contribution is -2.39. The lowest BCUT2D eigenvalue weighted by Gasteiger charge is -2.31. The van der Waals surface area contributed by atoms with Crippen LogP contribution in [0.15, 0.2) is 24.3 Å². The van der Waals surface area contributed by atoms with Gasteiger partial charge in [-0.1, -0.05) is 13.2 Å². The van der Waals surface area contributed by atoms with Crippen molar-refractivity contribution in [1.29, 1.82) is 0 Å². The van der Waals surface area contributed by atoms with Gasteiger partial charge in [0.1, 0.15) is 6.10 Å². The molecule has 0 aromatic carbocycles. The maximum absolute atomic E-state index is 11.3. The molecule has 0 saturated carbocycles. The largest absolute Gasteiger partial charge is 0.462 e. The van der Waals surface area contributed by atoms with Crippen LogP contribution in [0.4, 0.5) is 0 Å². The van der Waals surface area contributed by atoms with Crippen molar-refractivity contribution in [3.8, 4) is 0 Å². The summed E-state index contributed by atoms with van der Waals surface area (Å²) in [5.74, 6) is -0.785. The molecule has 0 radical (unpaired) electrons. The molecule has 1 rings (SSSR count). The highest BCUT2D eigenvalue weighted by Gasteiger charge is 2.27. The van der Waals surface area contributed by atoms with Crippen molar-refractivity contribution in [2.45, 2.75) is 51.9 Å². The molecule has 0 amide bonds. The Balaban J connectivity index is 2.17. The molecule has 0 aromatic heterocycles. The van der Waals surface area contributed by atoms with Crippen molar-refractivity contribution in [3.05, 3.63) is 24.3 Å². The minimum absolute atomic E-state index is 0.154. The summed E-state index contributed by atoms with van der Waals surface area (Å²) in [4.78, 5) is 22.5. The predicted octanol–water partition coefficient (Wildman–Crippen LogP) is 2.54. The van der Waals surface area contributed by atoms with Gasteiger partial charge in [-0.2, -0.15) is 0 Å². The molecule has 1 heterocycles. The molecule has 1 saturated heterocycles. The van der Waals surface area contributed by atoms with E-state index in [4.69, 9.17) is 23.7 Å². The van der Waals surface area contributed by atoms with Gasteiger partial charge in [0.2, 0.25) is 0 Å². The Labute approximate surface area is 155 Å². The summed E-state index contributed by atoms with van der Waals surface area (Å²) in [6.45, 7) is 12.3. The van der Waals surface area contributed by atoms with Crippen molar-refractivity contribution in [1.82, 2.24) is 0 Å². The summed E-state index contributed by atoms with van der Waals surface area (Å²) in [7, 11) is 0. The Bertz CT molecular complexity index is 442. The third kappa shape index (κ3) is 9.12. The van der Waals surface area contributed by atoms with Crippen molar-refractivity contribution in [2.24, 2.45) is 0 Å². The molecule has 1 aliphatic rings. The molecular weight excluding hydrogens is 340 g/mol. The van der Waals surface area contributed by atoms with Crippen molar-refractivity contribution >= 4 is 11.9 Å². The minimum atomic E-state index is -0.432. The zero-order chi connectivity index (χ0) is 19.4. The van der Waals surface area contributed by atoms with Crippen molar-refractivity contribution in [2.75, 3.05) is 33.0 Å². The fourth-order valence-electron chi connectivity index (χ4n) is 2.17. The van der Waals surface area contributed by atoms with Gasteiger partial charge in [0, 0.05) is 30.6 Å². The molecule has 26 heavy (non-hydrogen) atoms. The second-order valence-corrected chi connectivity index (χ2v) is 6.20. The Kier molecular flexibility index (Phi) is 10.8. The molecule has 0 aromatic rings. The molecule has 148 valence electrons. The molecule has 0 aliphatic carbocycles. The first-order valence-electron chi connectivity index (χ1n) is 8.92. The maximum atomic E-state index is 11.3. The van der Waals surface area contributed by atoms with E-state index in [0.29, 0.717) is 50.4 Å². The standard InChI is InChI=1S/C19H30O7/c1-14(2)17(20)23-11-6-10-22-16-8-5-9-25-19(16)26-13-7-12-24-18(21)15(3)4/h16,19H,1,3,5-13H2,2,4H3. The van der Waals surface area contributed by atoms with Crippen LogP contribution < -0.4 is 0 Å². The van der Waals surface area contributed by atoms with E-state index < -0.39 is 12.3 Å². The topological polar surface area (TPSA) is 80.3 Å². The highest BCUT2D eigenvalue weighted by molar-refractivity contribution is 5.87. The number of carbonyl (C=O) groups is 2. The third-order valence-corrected chi connectivity index (χ3v) is 3.57. The number of ether oxygens (including phenoxy) is 5. The Morgan fingerprint density at radius 1 is 0.923 bits per heavy atom. The van der Waals surface area contributed by atoms with Gasteiger partial charge < -0.3 is 23.7 Å². The molecule has 1 fully saturated rings. The zero-order valence-electron chi connectivity index (χ0n) is 15.8. The quantitative estimate of drug-likeness (QED) is 0.297. The van der Waals surface area contributed by atoms with E-state index in [1.165, 1.54) is 0 Å².